The highest BCUT2D eigenvalue weighted by atomic mass is 35.5. The zero-order valence-corrected chi connectivity index (χ0v) is 9.27. The van der Waals surface area contributed by atoms with Crippen LogP contribution in [0.3, 0.4) is 0 Å². The highest BCUT2D eigenvalue weighted by Gasteiger charge is 2.35. The van der Waals surface area contributed by atoms with Crippen molar-refractivity contribution < 1.29 is 23.1 Å². The van der Waals surface area contributed by atoms with Crippen LogP contribution in [0, 0.1) is 0 Å². The van der Waals surface area contributed by atoms with E-state index in [9.17, 15) is 23.1 Å². The molecule has 0 amide bonds. The normalized spacial score (nSPS) is 11.6. The van der Waals surface area contributed by atoms with Gasteiger partial charge in [-0.2, -0.15) is 13.2 Å². The van der Waals surface area contributed by atoms with Gasteiger partial charge in [-0.3, -0.25) is 4.79 Å². The molecule has 0 aliphatic rings. The van der Waals surface area contributed by atoms with Crippen molar-refractivity contribution in [2.24, 2.45) is 5.73 Å². The van der Waals surface area contributed by atoms with Crippen molar-refractivity contribution in [3.8, 4) is 5.75 Å². The van der Waals surface area contributed by atoms with Gasteiger partial charge in [0, 0.05) is 12.0 Å². The minimum absolute atomic E-state index is 0.0265. The van der Waals surface area contributed by atoms with Crippen LogP contribution in [0.4, 0.5) is 13.2 Å². The third-order valence-electron chi connectivity index (χ3n) is 2.06. The molecule has 1 aromatic rings. The monoisotopic (exact) mass is 267 g/mol. The molecular weight excluding hydrogens is 259 g/mol. The predicted molar refractivity (Wildman–Crippen MR) is 56.1 cm³/mol. The fourth-order valence-corrected chi connectivity index (χ4v) is 1.47. The first-order valence-corrected chi connectivity index (χ1v) is 4.98. The molecule has 0 saturated heterocycles. The van der Waals surface area contributed by atoms with Gasteiger partial charge in [-0.1, -0.05) is 11.6 Å². The lowest BCUT2D eigenvalue weighted by Crippen LogP contribution is -2.11. The van der Waals surface area contributed by atoms with E-state index in [1.165, 1.54) is 0 Å². The molecule has 0 aromatic heterocycles. The molecule has 0 saturated carbocycles. The van der Waals surface area contributed by atoms with Crippen LogP contribution >= 0.6 is 11.6 Å². The van der Waals surface area contributed by atoms with Gasteiger partial charge in [0.25, 0.3) is 0 Å². The van der Waals surface area contributed by atoms with Gasteiger partial charge in [-0.05, 0) is 18.7 Å². The van der Waals surface area contributed by atoms with Gasteiger partial charge < -0.3 is 10.8 Å². The summed E-state index contributed by atoms with van der Waals surface area (Å²) < 4.78 is 37.5. The second-order valence-corrected chi connectivity index (χ2v) is 3.72. The molecule has 0 radical (unpaired) electrons. The second kappa shape index (κ2) is 4.93. The Kier molecular flexibility index (Phi) is 4.00. The Morgan fingerprint density at radius 1 is 1.41 bits per heavy atom. The van der Waals surface area contributed by atoms with Crippen molar-refractivity contribution in [3.05, 3.63) is 28.3 Å². The minimum atomic E-state index is -4.77. The molecule has 0 spiro atoms. The van der Waals surface area contributed by atoms with E-state index < -0.39 is 28.3 Å². The first-order valence-electron chi connectivity index (χ1n) is 4.60. The molecule has 1 rings (SSSR count). The lowest BCUT2D eigenvalue weighted by molar-refractivity contribution is -0.138. The Balaban J connectivity index is 3.29. The van der Waals surface area contributed by atoms with Crippen LogP contribution in [0.25, 0.3) is 0 Å². The van der Waals surface area contributed by atoms with Gasteiger partial charge in [0.1, 0.15) is 5.75 Å². The molecule has 7 heteroatoms. The SMILES string of the molecule is NCCC(=O)c1cc(Cl)c(O)c(C(F)(F)F)c1. The highest BCUT2D eigenvalue weighted by molar-refractivity contribution is 6.32. The van der Waals surface area contributed by atoms with Gasteiger partial charge in [0.2, 0.25) is 0 Å². The van der Waals surface area contributed by atoms with Gasteiger partial charge in [0.15, 0.2) is 5.78 Å². The Morgan fingerprint density at radius 3 is 2.47 bits per heavy atom. The summed E-state index contributed by atoms with van der Waals surface area (Å²) in [4.78, 5) is 11.4. The lowest BCUT2D eigenvalue weighted by atomic mass is 10.0. The van der Waals surface area contributed by atoms with E-state index in [2.05, 4.69) is 0 Å². The zero-order chi connectivity index (χ0) is 13.2. The molecule has 0 aliphatic heterocycles. The number of phenols is 1. The fraction of sp³-hybridized carbons (Fsp3) is 0.300. The number of hydrogen-bond acceptors (Lipinski definition) is 3. The Hall–Kier alpha value is -1.27. The predicted octanol–water partition coefficient (Wildman–Crippen LogP) is 2.60. The lowest BCUT2D eigenvalue weighted by Gasteiger charge is -2.11. The number of rotatable bonds is 3. The van der Waals surface area contributed by atoms with E-state index in [4.69, 9.17) is 17.3 Å². The summed E-state index contributed by atoms with van der Waals surface area (Å²) in [6.07, 6.45) is -4.86. The van der Waals surface area contributed by atoms with Crippen LogP contribution in [0.15, 0.2) is 12.1 Å². The molecule has 3 nitrogen and oxygen atoms in total. The molecule has 0 heterocycles. The van der Waals surface area contributed by atoms with E-state index >= 15 is 0 Å². The quantitative estimate of drug-likeness (QED) is 0.828. The summed E-state index contributed by atoms with van der Waals surface area (Å²) in [7, 11) is 0. The maximum atomic E-state index is 12.5. The van der Waals surface area contributed by atoms with Crippen LogP contribution in [0.2, 0.25) is 5.02 Å². The van der Waals surface area contributed by atoms with E-state index in [1.807, 2.05) is 0 Å². The molecular formula is C10H9ClF3NO2. The number of benzene rings is 1. The zero-order valence-electron chi connectivity index (χ0n) is 8.51. The summed E-state index contributed by atoms with van der Waals surface area (Å²) in [6.45, 7) is 0.0265. The van der Waals surface area contributed by atoms with E-state index in [0.29, 0.717) is 6.07 Å². The van der Waals surface area contributed by atoms with Crippen LogP contribution in [0.5, 0.6) is 5.75 Å². The summed E-state index contributed by atoms with van der Waals surface area (Å²) >= 11 is 5.44. The Labute approximate surface area is 100.0 Å². The van der Waals surface area contributed by atoms with E-state index in [0.717, 1.165) is 6.07 Å². The summed E-state index contributed by atoms with van der Waals surface area (Å²) in [5, 5.41) is 8.67. The molecule has 0 fully saturated rings. The molecule has 0 atom stereocenters. The van der Waals surface area contributed by atoms with E-state index in [1.54, 1.807) is 0 Å². The van der Waals surface area contributed by atoms with Crippen molar-refractivity contribution in [1.29, 1.82) is 0 Å². The van der Waals surface area contributed by atoms with Gasteiger partial charge in [-0.25, -0.2) is 0 Å². The number of carbonyl (C=O) groups excluding carboxylic acids is 1. The topological polar surface area (TPSA) is 63.3 Å². The summed E-state index contributed by atoms with van der Waals surface area (Å²) in [6, 6.07) is 1.56. The Morgan fingerprint density at radius 2 is 2.00 bits per heavy atom. The number of alkyl halides is 3. The van der Waals surface area contributed by atoms with Gasteiger partial charge in [0.05, 0.1) is 10.6 Å². The number of ketones is 1. The van der Waals surface area contributed by atoms with Crippen LogP contribution in [-0.2, 0) is 6.18 Å². The molecule has 0 bridgehead atoms. The molecule has 94 valence electrons. The summed E-state index contributed by atoms with van der Waals surface area (Å²) in [5.41, 5.74) is 3.59. The summed E-state index contributed by atoms with van der Waals surface area (Å²) in [5.74, 6) is -1.64. The smallest absolute Gasteiger partial charge is 0.420 e. The number of Topliss-reactive ketones (excluding diaryl/α,β-unsaturated/α-hetero) is 1. The fourth-order valence-electron chi connectivity index (χ4n) is 1.25. The number of halogens is 4. The number of hydrogen-bond donors (Lipinski definition) is 2. The van der Waals surface area contributed by atoms with Gasteiger partial charge >= 0.3 is 6.18 Å². The van der Waals surface area contributed by atoms with Crippen molar-refractivity contribution in [2.75, 3.05) is 6.54 Å². The Bertz CT molecular complexity index is 446. The average molecular weight is 268 g/mol. The number of phenolic OH excluding ortho intramolecular Hbond substituents is 1. The molecule has 0 unspecified atom stereocenters. The molecule has 3 N–H and O–H groups in total. The standard InChI is InChI=1S/C10H9ClF3NO2/c11-7-4-5(8(16)1-2-15)3-6(9(7)17)10(12,13)14/h3-4,17H,1-2,15H2. The van der Waals surface area contributed by atoms with Gasteiger partial charge in [-0.15, -0.1) is 0 Å². The number of nitrogens with two attached hydrogens (primary N) is 1. The third kappa shape index (κ3) is 3.10. The first kappa shape index (κ1) is 13.8. The third-order valence-corrected chi connectivity index (χ3v) is 2.35. The van der Waals surface area contributed by atoms with Crippen LogP contribution in [0.1, 0.15) is 22.3 Å². The first-order chi connectivity index (χ1) is 7.77. The van der Waals surface area contributed by atoms with Crippen molar-refractivity contribution in [3.63, 3.8) is 0 Å². The average Bonchev–Trinajstić information content (AvgIpc) is 2.20. The van der Waals surface area contributed by atoms with Crippen LogP contribution < -0.4 is 5.73 Å². The van der Waals surface area contributed by atoms with Crippen molar-refractivity contribution in [2.45, 2.75) is 12.6 Å². The van der Waals surface area contributed by atoms with Crippen molar-refractivity contribution in [1.82, 2.24) is 0 Å². The minimum Gasteiger partial charge on any atom is -0.506 e. The maximum Gasteiger partial charge on any atom is 0.420 e. The molecule has 17 heavy (non-hydrogen) atoms. The van der Waals surface area contributed by atoms with Crippen LogP contribution in [-0.4, -0.2) is 17.4 Å². The molecule has 1 aromatic carbocycles. The van der Waals surface area contributed by atoms with E-state index in [-0.39, 0.29) is 18.5 Å². The van der Waals surface area contributed by atoms with Crippen molar-refractivity contribution >= 4 is 17.4 Å². The highest BCUT2D eigenvalue weighted by Crippen LogP contribution is 2.40. The second-order valence-electron chi connectivity index (χ2n) is 3.31. The molecule has 0 aliphatic carbocycles. The number of aromatic hydroxyl groups is 1. The maximum absolute atomic E-state index is 12.5. The largest absolute Gasteiger partial charge is 0.506 e. The number of carbonyl (C=O) groups is 1.